The van der Waals surface area contributed by atoms with Crippen molar-refractivity contribution in [3.05, 3.63) is 53.9 Å². The van der Waals surface area contributed by atoms with Gasteiger partial charge in [-0.3, -0.25) is 4.98 Å². The average Bonchev–Trinajstić information content (AvgIpc) is 2.37. The summed E-state index contributed by atoms with van der Waals surface area (Å²) in [4.78, 5) is 5.75. The van der Waals surface area contributed by atoms with Crippen LogP contribution in [0.3, 0.4) is 0 Å². The van der Waals surface area contributed by atoms with Gasteiger partial charge in [-0.2, -0.15) is 0 Å². The summed E-state index contributed by atoms with van der Waals surface area (Å²) in [7, 11) is 0. The third kappa shape index (κ3) is 2.99. The monoisotopic (exact) mass is 263 g/mol. The Hall–Kier alpha value is -2.17. The number of anilines is 2. The molecule has 0 saturated heterocycles. The normalized spacial score (nSPS) is 10.5. The number of nitrogens with two attached hydrogens (primary N) is 1. The Balaban J connectivity index is 2.32. The number of halogens is 2. The average molecular weight is 263 g/mol. The highest BCUT2D eigenvalue weighted by Gasteiger charge is 2.17. The van der Waals surface area contributed by atoms with Crippen LogP contribution in [0.2, 0.25) is 0 Å². The highest BCUT2D eigenvalue weighted by Crippen LogP contribution is 2.26. The van der Waals surface area contributed by atoms with Gasteiger partial charge >= 0.3 is 0 Å². The summed E-state index contributed by atoms with van der Waals surface area (Å²) >= 11 is 0. The Morgan fingerprint density at radius 1 is 1.21 bits per heavy atom. The minimum atomic E-state index is -0.657. The molecule has 1 aromatic carbocycles. The van der Waals surface area contributed by atoms with Crippen LogP contribution in [0, 0.1) is 11.6 Å². The van der Waals surface area contributed by atoms with Gasteiger partial charge in [0.2, 0.25) is 0 Å². The van der Waals surface area contributed by atoms with E-state index in [1.807, 2.05) is 19.1 Å². The van der Waals surface area contributed by atoms with Crippen LogP contribution in [0.25, 0.3) is 0 Å². The molecular weight excluding hydrogens is 248 g/mol. The lowest BCUT2D eigenvalue weighted by Gasteiger charge is -2.24. The smallest absolute Gasteiger partial charge is 0.151 e. The van der Waals surface area contributed by atoms with Gasteiger partial charge in [0.15, 0.2) is 11.6 Å². The van der Waals surface area contributed by atoms with Crippen molar-refractivity contribution in [2.24, 2.45) is 0 Å². The van der Waals surface area contributed by atoms with Crippen molar-refractivity contribution in [1.82, 2.24) is 4.98 Å². The maximum absolute atomic E-state index is 13.9. The first kappa shape index (κ1) is 13.3. The lowest BCUT2D eigenvalue weighted by Crippen LogP contribution is -2.25. The Morgan fingerprint density at radius 3 is 2.42 bits per heavy atom. The second-order valence-corrected chi connectivity index (χ2v) is 4.17. The molecule has 0 aliphatic carbocycles. The number of hydrogen-bond acceptors (Lipinski definition) is 3. The molecule has 1 aromatic heterocycles. The summed E-state index contributed by atoms with van der Waals surface area (Å²) in [5.74, 6) is -1.31. The minimum absolute atomic E-state index is 0.0673. The number of rotatable bonds is 4. The van der Waals surface area contributed by atoms with E-state index in [0.717, 1.165) is 17.8 Å². The predicted octanol–water partition coefficient (Wildman–Crippen LogP) is 2.97. The van der Waals surface area contributed by atoms with E-state index < -0.39 is 11.6 Å². The fourth-order valence-electron chi connectivity index (χ4n) is 1.92. The number of hydrogen-bond donors (Lipinski definition) is 1. The van der Waals surface area contributed by atoms with Gasteiger partial charge in [-0.1, -0.05) is 6.07 Å². The molecular formula is C14H15F2N3. The largest absolute Gasteiger partial charge is 0.399 e. The molecule has 5 heteroatoms. The molecule has 0 amide bonds. The molecule has 2 N–H and O–H groups in total. The summed E-state index contributed by atoms with van der Waals surface area (Å²) in [6.45, 7) is 2.64. The summed E-state index contributed by atoms with van der Waals surface area (Å²) < 4.78 is 27.7. The van der Waals surface area contributed by atoms with Crippen LogP contribution in [0.15, 0.2) is 36.5 Å². The zero-order valence-electron chi connectivity index (χ0n) is 10.6. The van der Waals surface area contributed by atoms with Gasteiger partial charge in [0.1, 0.15) is 5.69 Å². The molecule has 0 spiro atoms. The van der Waals surface area contributed by atoms with E-state index in [-0.39, 0.29) is 11.4 Å². The van der Waals surface area contributed by atoms with Crippen molar-refractivity contribution in [3.8, 4) is 0 Å². The molecule has 0 bridgehead atoms. The van der Waals surface area contributed by atoms with E-state index in [4.69, 9.17) is 5.73 Å². The van der Waals surface area contributed by atoms with Gasteiger partial charge in [0.25, 0.3) is 0 Å². The summed E-state index contributed by atoms with van der Waals surface area (Å²) in [6.07, 6.45) is 1.65. The molecule has 2 aromatic rings. The van der Waals surface area contributed by atoms with Crippen molar-refractivity contribution in [2.75, 3.05) is 17.2 Å². The molecule has 0 unspecified atom stereocenters. The van der Waals surface area contributed by atoms with Gasteiger partial charge in [-0.25, -0.2) is 8.78 Å². The first-order chi connectivity index (χ1) is 9.11. The SMILES string of the molecule is CCN(Cc1ccccn1)c1c(F)cc(N)cc1F. The zero-order chi connectivity index (χ0) is 13.8. The molecule has 100 valence electrons. The van der Waals surface area contributed by atoms with Crippen LogP contribution in [0.5, 0.6) is 0 Å². The van der Waals surface area contributed by atoms with E-state index in [1.54, 1.807) is 17.2 Å². The third-order valence-electron chi connectivity index (χ3n) is 2.82. The predicted molar refractivity (Wildman–Crippen MR) is 71.7 cm³/mol. The van der Waals surface area contributed by atoms with Gasteiger partial charge in [-0.05, 0) is 31.2 Å². The van der Waals surface area contributed by atoms with E-state index in [9.17, 15) is 8.78 Å². The standard InChI is InChI=1S/C14H15F2N3/c1-2-19(9-11-5-3-4-6-18-11)14-12(15)7-10(17)8-13(14)16/h3-8H,2,9,17H2,1H3. The summed E-state index contributed by atoms with van der Waals surface area (Å²) in [5.41, 5.74) is 6.17. The first-order valence-electron chi connectivity index (χ1n) is 6.01. The van der Waals surface area contributed by atoms with Crippen molar-refractivity contribution in [3.63, 3.8) is 0 Å². The van der Waals surface area contributed by atoms with Crippen molar-refractivity contribution in [1.29, 1.82) is 0 Å². The van der Waals surface area contributed by atoms with Crippen LogP contribution in [-0.4, -0.2) is 11.5 Å². The van der Waals surface area contributed by atoms with Crippen molar-refractivity contribution < 1.29 is 8.78 Å². The lowest BCUT2D eigenvalue weighted by atomic mass is 10.2. The number of benzene rings is 1. The van der Waals surface area contributed by atoms with E-state index in [2.05, 4.69) is 4.98 Å². The first-order valence-corrected chi connectivity index (χ1v) is 6.01. The van der Waals surface area contributed by atoms with E-state index >= 15 is 0 Å². The van der Waals surface area contributed by atoms with Crippen molar-refractivity contribution >= 4 is 11.4 Å². The lowest BCUT2D eigenvalue weighted by molar-refractivity contribution is 0.571. The zero-order valence-corrected chi connectivity index (χ0v) is 10.6. The number of nitrogen functional groups attached to an aromatic ring is 1. The maximum atomic E-state index is 13.9. The molecule has 3 nitrogen and oxygen atoms in total. The fourth-order valence-corrected chi connectivity index (χ4v) is 1.92. The molecule has 0 radical (unpaired) electrons. The highest BCUT2D eigenvalue weighted by atomic mass is 19.1. The number of nitrogens with zero attached hydrogens (tertiary/aromatic N) is 2. The van der Waals surface area contributed by atoms with Gasteiger partial charge < -0.3 is 10.6 Å². The Labute approximate surface area is 110 Å². The summed E-state index contributed by atoms with van der Waals surface area (Å²) in [6, 6.07) is 7.70. The third-order valence-corrected chi connectivity index (χ3v) is 2.82. The molecule has 2 rings (SSSR count). The summed E-state index contributed by atoms with van der Waals surface area (Å²) in [5, 5.41) is 0. The van der Waals surface area contributed by atoms with Gasteiger partial charge in [-0.15, -0.1) is 0 Å². The maximum Gasteiger partial charge on any atom is 0.151 e. The molecule has 0 aliphatic rings. The van der Waals surface area contributed by atoms with Crippen molar-refractivity contribution in [2.45, 2.75) is 13.5 Å². The van der Waals surface area contributed by atoms with Crippen LogP contribution in [0.4, 0.5) is 20.2 Å². The minimum Gasteiger partial charge on any atom is -0.399 e. The fraction of sp³-hybridized carbons (Fsp3) is 0.214. The Bertz CT molecular complexity index is 535. The molecule has 0 atom stereocenters. The molecule has 0 fully saturated rings. The quantitative estimate of drug-likeness (QED) is 0.862. The topological polar surface area (TPSA) is 42.2 Å². The van der Waals surface area contributed by atoms with Crippen LogP contribution in [-0.2, 0) is 6.54 Å². The Morgan fingerprint density at radius 2 is 1.89 bits per heavy atom. The van der Waals surface area contributed by atoms with Crippen LogP contribution >= 0.6 is 0 Å². The highest BCUT2D eigenvalue weighted by molar-refractivity contribution is 5.55. The van der Waals surface area contributed by atoms with E-state index in [1.165, 1.54) is 0 Å². The molecule has 19 heavy (non-hydrogen) atoms. The molecule has 1 heterocycles. The second-order valence-electron chi connectivity index (χ2n) is 4.17. The van der Waals surface area contributed by atoms with E-state index in [0.29, 0.717) is 13.1 Å². The number of aromatic nitrogens is 1. The Kier molecular flexibility index (Phi) is 3.94. The second kappa shape index (κ2) is 5.65. The van der Waals surface area contributed by atoms with Crippen LogP contribution < -0.4 is 10.6 Å². The number of pyridine rings is 1. The molecule has 0 saturated carbocycles. The van der Waals surface area contributed by atoms with Crippen LogP contribution in [0.1, 0.15) is 12.6 Å². The molecule has 0 aliphatic heterocycles. The van der Waals surface area contributed by atoms with Gasteiger partial charge in [0, 0.05) is 18.4 Å². The van der Waals surface area contributed by atoms with Gasteiger partial charge in [0.05, 0.1) is 12.2 Å².